The highest BCUT2D eigenvalue weighted by molar-refractivity contribution is 5.85. The first kappa shape index (κ1) is 13.5. The summed E-state index contributed by atoms with van der Waals surface area (Å²) in [5.41, 5.74) is 0.118. The van der Waals surface area contributed by atoms with Crippen LogP contribution in [0.1, 0.15) is 26.3 Å². The summed E-state index contributed by atoms with van der Waals surface area (Å²) < 4.78 is 0. The van der Waals surface area contributed by atoms with Gasteiger partial charge in [0.1, 0.15) is 5.75 Å². The summed E-state index contributed by atoms with van der Waals surface area (Å²) in [5.74, 6) is 0.122. The van der Waals surface area contributed by atoms with Crippen molar-refractivity contribution in [2.45, 2.75) is 32.9 Å². The van der Waals surface area contributed by atoms with Gasteiger partial charge in [-0.15, -0.1) is 0 Å². The molecule has 0 heterocycles. The lowest BCUT2D eigenvalue weighted by Crippen LogP contribution is -2.52. The van der Waals surface area contributed by atoms with Crippen LogP contribution in [0, 0.1) is 0 Å². The molecule has 0 saturated carbocycles. The molecule has 0 atom stereocenters. The summed E-state index contributed by atoms with van der Waals surface area (Å²) in [6.07, 6.45) is 0. The molecule has 3 N–H and O–H groups in total. The van der Waals surface area contributed by atoms with E-state index in [2.05, 4.69) is 10.6 Å². The number of aromatic hydroxyl groups is 1. The van der Waals surface area contributed by atoms with Gasteiger partial charge in [0.25, 0.3) is 0 Å². The third-order valence-corrected chi connectivity index (χ3v) is 2.62. The maximum absolute atomic E-state index is 11.9. The Bertz CT molecular complexity index is 389. The van der Waals surface area contributed by atoms with Gasteiger partial charge in [0.05, 0.1) is 5.54 Å². The third-order valence-electron chi connectivity index (χ3n) is 2.62. The van der Waals surface area contributed by atoms with Gasteiger partial charge in [-0.3, -0.25) is 4.79 Å². The van der Waals surface area contributed by atoms with E-state index in [1.54, 1.807) is 18.2 Å². The number of hydrogen-bond acceptors (Lipinski definition) is 3. The lowest BCUT2D eigenvalue weighted by Gasteiger charge is -2.24. The van der Waals surface area contributed by atoms with E-state index in [1.807, 2.05) is 26.8 Å². The molecule has 4 heteroatoms. The number of nitrogens with one attached hydrogen (secondary N) is 2. The van der Waals surface area contributed by atoms with E-state index in [4.69, 9.17) is 0 Å². The number of carbonyl (C=O) groups excluding carboxylic acids is 1. The highest BCUT2D eigenvalue weighted by atomic mass is 16.3. The smallest absolute Gasteiger partial charge is 0.239 e. The van der Waals surface area contributed by atoms with Crippen molar-refractivity contribution < 1.29 is 9.90 Å². The minimum Gasteiger partial charge on any atom is -0.508 e. The molecular formula is C13H20N2O2. The van der Waals surface area contributed by atoms with Crippen LogP contribution in [0.2, 0.25) is 0 Å². The summed E-state index contributed by atoms with van der Waals surface area (Å²) in [6, 6.07) is 6.98. The fourth-order valence-corrected chi connectivity index (χ4v) is 1.58. The molecule has 1 rings (SSSR count). The van der Waals surface area contributed by atoms with Gasteiger partial charge in [0.15, 0.2) is 0 Å². The normalized spacial score (nSPS) is 11.2. The van der Waals surface area contributed by atoms with Crippen LogP contribution in [-0.2, 0) is 11.3 Å². The molecule has 0 aliphatic carbocycles. The van der Waals surface area contributed by atoms with Gasteiger partial charge in [-0.2, -0.15) is 0 Å². The van der Waals surface area contributed by atoms with Crippen LogP contribution in [-0.4, -0.2) is 23.1 Å². The molecule has 94 valence electrons. The van der Waals surface area contributed by atoms with E-state index >= 15 is 0 Å². The van der Waals surface area contributed by atoms with Crippen molar-refractivity contribution >= 4 is 5.91 Å². The van der Waals surface area contributed by atoms with Gasteiger partial charge < -0.3 is 15.7 Å². The maximum Gasteiger partial charge on any atom is 0.239 e. The Hall–Kier alpha value is -1.55. The van der Waals surface area contributed by atoms with Gasteiger partial charge in [-0.25, -0.2) is 0 Å². The van der Waals surface area contributed by atoms with Crippen molar-refractivity contribution in [3.8, 4) is 5.75 Å². The van der Waals surface area contributed by atoms with Crippen LogP contribution < -0.4 is 10.6 Å². The predicted octanol–water partition coefficient (Wildman–Crippen LogP) is 1.40. The number of carbonyl (C=O) groups is 1. The number of hydrogen-bond donors (Lipinski definition) is 3. The van der Waals surface area contributed by atoms with E-state index in [-0.39, 0.29) is 11.7 Å². The monoisotopic (exact) mass is 236 g/mol. The predicted molar refractivity (Wildman–Crippen MR) is 67.7 cm³/mol. The van der Waals surface area contributed by atoms with E-state index < -0.39 is 5.54 Å². The van der Waals surface area contributed by atoms with Crippen molar-refractivity contribution in [2.75, 3.05) is 6.54 Å². The third kappa shape index (κ3) is 3.75. The summed E-state index contributed by atoms with van der Waals surface area (Å²) in [7, 11) is 0. The Morgan fingerprint density at radius 1 is 1.35 bits per heavy atom. The number of benzene rings is 1. The second-order valence-corrected chi connectivity index (χ2v) is 4.47. The molecular weight excluding hydrogens is 216 g/mol. The van der Waals surface area contributed by atoms with Crippen molar-refractivity contribution in [1.82, 2.24) is 10.6 Å². The zero-order valence-corrected chi connectivity index (χ0v) is 10.6. The number of likely N-dealkylation sites (N-methyl/N-ethyl adjacent to an activating group) is 1. The van der Waals surface area contributed by atoms with Gasteiger partial charge in [0, 0.05) is 12.1 Å². The summed E-state index contributed by atoms with van der Waals surface area (Å²) >= 11 is 0. The van der Waals surface area contributed by atoms with Crippen LogP contribution in [0.3, 0.4) is 0 Å². The highest BCUT2D eigenvalue weighted by Crippen LogP contribution is 2.15. The van der Waals surface area contributed by atoms with Crippen LogP contribution in [0.15, 0.2) is 24.3 Å². The lowest BCUT2D eigenvalue weighted by molar-refractivity contribution is -0.126. The molecule has 0 saturated heterocycles. The fraction of sp³-hybridized carbons (Fsp3) is 0.462. The van der Waals surface area contributed by atoms with Crippen molar-refractivity contribution in [3.05, 3.63) is 29.8 Å². The number of amides is 1. The molecule has 4 nitrogen and oxygen atoms in total. The minimum atomic E-state index is -0.598. The van der Waals surface area contributed by atoms with E-state index in [0.29, 0.717) is 12.1 Å². The average Bonchev–Trinajstić information content (AvgIpc) is 2.27. The Morgan fingerprint density at radius 3 is 2.59 bits per heavy atom. The van der Waals surface area contributed by atoms with Crippen LogP contribution in [0.5, 0.6) is 5.75 Å². The molecule has 1 aromatic carbocycles. The largest absolute Gasteiger partial charge is 0.508 e. The molecule has 17 heavy (non-hydrogen) atoms. The number of phenols is 1. The van der Waals surface area contributed by atoms with Crippen LogP contribution in [0.25, 0.3) is 0 Å². The standard InChI is InChI=1S/C13H20N2O2/c1-4-15-13(2,3)12(17)14-9-10-7-5-6-8-11(10)16/h5-8,15-16H,4,9H2,1-3H3,(H,14,17). The second-order valence-electron chi connectivity index (χ2n) is 4.47. The lowest BCUT2D eigenvalue weighted by atomic mass is 10.0. The fourth-order valence-electron chi connectivity index (χ4n) is 1.58. The van der Waals surface area contributed by atoms with Gasteiger partial charge >= 0.3 is 0 Å². The molecule has 0 aromatic heterocycles. The second kappa shape index (κ2) is 5.68. The molecule has 0 spiro atoms. The minimum absolute atomic E-state index is 0.0809. The Kier molecular flexibility index (Phi) is 4.52. The first-order chi connectivity index (χ1) is 7.97. The van der Waals surface area contributed by atoms with Gasteiger partial charge in [-0.1, -0.05) is 25.1 Å². The van der Waals surface area contributed by atoms with E-state index in [1.165, 1.54) is 0 Å². The van der Waals surface area contributed by atoms with Crippen LogP contribution in [0.4, 0.5) is 0 Å². The SMILES string of the molecule is CCNC(C)(C)C(=O)NCc1ccccc1O. The molecule has 0 aliphatic rings. The van der Waals surface area contributed by atoms with Crippen molar-refractivity contribution in [3.63, 3.8) is 0 Å². The Balaban J connectivity index is 2.57. The van der Waals surface area contributed by atoms with E-state index in [0.717, 1.165) is 6.54 Å². The summed E-state index contributed by atoms with van der Waals surface area (Å²) in [6.45, 7) is 6.68. The first-order valence-electron chi connectivity index (χ1n) is 5.77. The quantitative estimate of drug-likeness (QED) is 0.724. The maximum atomic E-state index is 11.9. The molecule has 0 bridgehead atoms. The van der Waals surface area contributed by atoms with Gasteiger partial charge in [-0.05, 0) is 26.5 Å². The summed E-state index contributed by atoms with van der Waals surface area (Å²) in [5, 5.41) is 15.5. The number of para-hydroxylation sites is 1. The Labute approximate surface area is 102 Å². The van der Waals surface area contributed by atoms with Crippen LogP contribution >= 0.6 is 0 Å². The molecule has 0 aliphatic heterocycles. The zero-order chi connectivity index (χ0) is 12.9. The van der Waals surface area contributed by atoms with Crippen molar-refractivity contribution in [1.29, 1.82) is 0 Å². The molecule has 0 fully saturated rings. The first-order valence-corrected chi connectivity index (χ1v) is 5.77. The highest BCUT2D eigenvalue weighted by Gasteiger charge is 2.25. The number of phenolic OH excluding ortho intramolecular Hbond substituents is 1. The van der Waals surface area contributed by atoms with E-state index in [9.17, 15) is 9.90 Å². The molecule has 0 radical (unpaired) electrons. The molecule has 1 amide bonds. The number of rotatable bonds is 5. The molecule has 1 aromatic rings. The van der Waals surface area contributed by atoms with Crippen molar-refractivity contribution in [2.24, 2.45) is 0 Å². The average molecular weight is 236 g/mol. The topological polar surface area (TPSA) is 61.4 Å². The Morgan fingerprint density at radius 2 is 2.00 bits per heavy atom. The van der Waals surface area contributed by atoms with Gasteiger partial charge in [0.2, 0.25) is 5.91 Å². The zero-order valence-electron chi connectivity index (χ0n) is 10.6. The molecule has 0 unspecified atom stereocenters. The summed E-state index contributed by atoms with van der Waals surface area (Å²) in [4.78, 5) is 11.9.